The molecule has 0 unspecified atom stereocenters. The van der Waals surface area contributed by atoms with Gasteiger partial charge in [-0.05, 0) is 30.3 Å². The average molecular weight is 290 g/mol. The van der Waals surface area contributed by atoms with Crippen molar-refractivity contribution in [3.63, 3.8) is 0 Å². The molecule has 0 radical (unpaired) electrons. The number of nitrogen functional groups attached to an aromatic ring is 1. The van der Waals surface area contributed by atoms with E-state index in [9.17, 15) is 9.59 Å². The fraction of sp³-hybridized carbons (Fsp3) is 0. The maximum Gasteiger partial charge on any atom is 0.259 e. The Morgan fingerprint density at radius 1 is 1.10 bits per heavy atom. The molecule has 2 aromatic rings. The van der Waals surface area contributed by atoms with E-state index in [1.54, 1.807) is 36.4 Å². The maximum atomic E-state index is 12.1. The van der Waals surface area contributed by atoms with Gasteiger partial charge in [-0.3, -0.25) is 9.59 Å². The molecule has 0 fully saturated rings. The van der Waals surface area contributed by atoms with Crippen molar-refractivity contribution in [3.8, 4) is 0 Å². The van der Waals surface area contributed by atoms with Crippen LogP contribution >= 0.6 is 11.6 Å². The van der Waals surface area contributed by atoms with Crippen LogP contribution in [0.25, 0.3) is 0 Å². The highest BCUT2D eigenvalue weighted by molar-refractivity contribution is 6.35. The van der Waals surface area contributed by atoms with Crippen LogP contribution in [0.15, 0.2) is 42.5 Å². The lowest BCUT2D eigenvalue weighted by molar-refractivity contribution is 0.0996. The lowest BCUT2D eigenvalue weighted by Gasteiger charge is -2.09. The second-order valence-corrected chi connectivity index (χ2v) is 4.51. The standard InChI is InChI=1S/C14H12ClN3O2/c15-10-5-2-6-11(16)12(10)14(20)18-9-4-1-3-8(7-9)13(17)19/h1-7H,16H2,(H2,17,19)(H,18,20). The van der Waals surface area contributed by atoms with Gasteiger partial charge in [-0.1, -0.05) is 23.7 Å². The molecule has 0 bridgehead atoms. The zero-order valence-corrected chi connectivity index (χ0v) is 11.1. The molecule has 2 aromatic carbocycles. The van der Waals surface area contributed by atoms with Gasteiger partial charge in [0, 0.05) is 16.9 Å². The number of amides is 2. The predicted molar refractivity (Wildman–Crippen MR) is 78.8 cm³/mol. The van der Waals surface area contributed by atoms with Gasteiger partial charge in [-0.25, -0.2) is 0 Å². The van der Waals surface area contributed by atoms with E-state index in [2.05, 4.69) is 5.32 Å². The molecule has 0 aliphatic heterocycles. The van der Waals surface area contributed by atoms with E-state index in [1.165, 1.54) is 6.07 Å². The van der Waals surface area contributed by atoms with Gasteiger partial charge < -0.3 is 16.8 Å². The van der Waals surface area contributed by atoms with Crippen LogP contribution in [0.1, 0.15) is 20.7 Å². The molecule has 0 spiro atoms. The Hall–Kier alpha value is -2.53. The van der Waals surface area contributed by atoms with Gasteiger partial charge in [-0.15, -0.1) is 0 Å². The third kappa shape index (κ3) is 2.89. The first-order valence-corrected chi connectivity index (χ1v) is 6.12. The number of anilines is 2. The zero-order valence-electron chi connectivity index (χ0n) is 10.4. The van der Waals surface area contributed by atoms with Crippen molar-refractivity contribution in [2.45, 2.75) is 0 Å². The topological polar surface area (TPSA) is 98.2 Å². The van der Waals surface area contributed by atoms with Crippen molar-refractivity contribution in [2.24, 2.45) is 5.73 Å². The molecule has 6 heteroatoms. The molecule has 0 atom stereocenters. The van der Waals surface area contributed by atoms with E-state index in [-0.39, 0.29) is 16.3 Å². The molecule has 5 N–H and O–H groups in total. The van der Waals surface area contributed by atoms with E-state index in [0.717, 1.165) is 0 Å². The van der Waals surface area contributed by atoms with Gasteiger partial charge in [0.1, 0.15) is 0 Å². The van der Waals surface area contributed by atoms with E-state index in [1.807, 2.05) is 0 Å². The predicted octanol–water partition coefficient (Wildman–Crippen LogP) is 2.27. The van der Waals surface area contributed by atoms with Crippen LogP contribution in [0.4, 0.5) is 11.4 Å². The van der Waals surface area contributed by atoms with Crippen LogP contribution < -0.4 is 16.8 Å². The normalized spacial score (nSPS) is 10.1. The summed E-state index contributed by atoms with van der Waals surface area (Å²) >= 11 is 5.96. The van der Waals surface area contributed by atoms with Crippen LogP contribution in [0.5, 0.6) is 0 Å². The maximum absolute atomic E-state index is 12.1. The molecule has 0 heterocycles. The smallest absolute Gasteiger partial charge is 0.259 e. The molecule has 102 valence electrons. The van der Waals surface area contributed by atoms with Crippen molar-refractivity contribution in [1.82, 2.24) is 0 Å². The highest BCUT2D eigenvalue weighted by Crippen LogP contribution is 2.23. The van der Waals surface area contributed by atoms with Gasteiger partial charge in [0.25, 0.3) is 5.91 Å². The molecule has 2 rings (SSSR count). The minimum atomic E-state index is -0.571. The number of carbonyl (C=O) groups is 2. The summed E-state index contributed by atoms with van der Waals surface area (Å²) in [6.07, 6.45) is 0. The number of benzene rings is 2. The van der Waals surface area contributed by atoms with Crippen LogP contribution in [0, 0.1) is 0 Å². The molecule has 0 saturated carbocycles. The summed E-state index contributed by atoms with van der Waals surface area (Å²) in [5.74, 6) is -1.02. The van der Waals surface area contributed by atoms with Gasteiger partial charge in [0.15, 0.2) is 0 Å². The Labute approximate surface area is 120 Å². The summed E-state index contributed by atoms with van der Waals surface area (Å²) in [6, 6.07) is 11.1. The second kappa shape index (κ2) is 5.63. The molecule has 0 aromatic heterocycles. The summed E-state index contributed by atoms with van der Waals surface area (Å²) in [5, 5.41) is 2.88. The molecule has 0 saturated heterocycles. The minimum Gasteiger partial charge on any atom is -0.398 e. The summed E-state index contributed by atoms with van der Waals surface area (Å²) in [7, 11) is 0. The lowest BCUT2D eigenvalue weighted by atomic mass is 10.1. The lowest BCUT2D eigenvalue weighted by Crippen LogP contribution is -2.16. The van der Waals surface area contributed by atoms with Crippen molar-refractivity contribution in [3.05, 3.63) is 58.6 Å². The van der Waals surface area contributed by atoms with Crippen LogP contribution in [-0.4, -0.2) is 11.8 Å². The Bertz CT molecular complexity index is 666. The summed E-state index contributed by atoms with van der Waals surface area (Å²) < 4.78 is 0. The van der Waals surface area contributed by atoms with Crippen molar-refractivity contribution >= 4 is 34.8 Å². The Morgan fingerprint density at radius 2 is 1.80 bits per heavy atom. The molecule has 2 amide bonds. The van der Waals surface area contributed by atoms with Crippen LogP contribution in [0.3, 0.4) is 0 Å². The highest BCUT2D eigenvalue weighted by atomic mass is 35.5. The molecule has 0 aliphatic carbocycles. The van der Waals surface area contributed by atoms with Crippen molar-refractivity contribution in [2.75, 3.05) is 11.1 Å². The quantitative estimate of drug-likeness (QED) is 0.756. The summed E-state index contributed by atoms with van der Waals surface area (Å²) in [6.45, 7) is 0. The number of hydrogen-bond acceptors (Lipinski definition) is 3. The van der Waals surface area contributed by atoms with E-state index < -0.39 is 11.8 Å². The number of halogens is 1. The molecular weight excluding hydrogens is 278 g/mol. The van der Waals surface area contributed by atoms with Crippen LogP contribution in [0.2, 0.25) is 5.02 Å². The third-order valence-electron chi connectivity index (χ3n) is 2.68. The van der Waals surface area contributed by atoms with Gasteiger partial charge in [0.2, 0.25) is 5.91 Å². The number of nitrogens with two attached hydrogens (primary N) is 2. The Kier molecular flexibility index (Phi) is 3.91. The number of nitrogens with one attached hydrogen (secondary N) is 1. The van der Waals surface area contributed by atoms with Crippen molar-refractivity contribution in [1.29, 1.82) is 0 Å². The van der Waals surface area contributed by atoms with Gasteiger partial charge in [0.05, 0.1) is 10.6 Å². The molecule has 20 heavy (non-hydrogen) atoms. The fourth-order valence-corrected chi connectivity index (χ4v) is 1.99. The third-order valence-corrected chi connectivity index (χ3v) is 2.99. The molecular formula is C14H12ClN3O2. The van der Waals surface area contributed by atoms with Crippen LogP contribution in [-0.2, 0) is 0 Å². The Morgan fingerprint density at radius 3 is 2.45 bits per heavy atom. The first-order valence-electron chi connectivity index (χ1n) is 5.74. The molecule has 0 aliphatic rings. The number of hydrogen-bond donors (Lipinski definition) is 3. The average Bonchev–Trinajstić information content (AvgIpc) is 2.38. The molecule has 5 nitrogen and oxygen atoms in total. The zero-order chi connectivity index (χ0) is 14.7. The summed E-state index contributed by atoms with van der Waals surface area (Å²) in [4.78, 5) is 23.2. The van der Waals surface area contributed by atoms with Gasteiger partial charge in [-0.2, -0.15) is 0 Å². The van der Waals surface area contributed by atoms with E-state index in [0.29, 0.717) is 11.3 Å². The number of carbonyl (C=O) groups excluding carboxylic acids is 2. The second-order valence-electron chi connectivity index (χ2n) is 4.10. The summed E-state index contributed by atoms with van der Waals surface area (Å²) in [5.41, 5.74) is 12.1. The van der Waals surface area contributed by atoms with Crippen molar-refractivity contribution < 1.29 is 9.59 Å². The van der Waals surface area contributed by atoms with E-state index >= 15 is 0 Å². The number of primary amides is 1. The SMILES string of the molecule is NC(=O)c1cccc(NC(=O)c2c(N)cccc2Cl)c1. The largest absolute Gasteiger partial charge is 0.398 e. The monoisotopic (exact) mass is 289 g/mol. The number of rotatable bonds is 3. The minimum absolute atomic E-state index is 0.193. The van der Waals surface area contributed by atoms with Gasteiger partial charge >= 0.3 is 0 Å². The fourth-order valence-electron chi connectivity index (χ4n) is 1.72. The van der Waals surface area contributed by atoms with E-state index in [4.69, 9.17) is 23.1 Å². The first-order chi connectivity index (χ1) is 9.49. The first kappa shape index (κ1) is 13.9. The Balaban J connectivity index is 2.28. The highest BCUT2D eigenvalue weighted by Gasteiger charge is 2.14.